The zero-order valence-electron chi connectivity index (χ0n) is 20.1. The molecule has 0 unspecified atom stereocenters. The average molecular weight is 490 g/mol. The molecule has 2 aromatic heterocycles. The largest absolute Gasteiger partial charge is 0.354 e. The van der Waals surface area contributed by atoms with Gasteiger partial charge in [-0.1, -0.05) is 67.6 Å². The van der Waals surface area contributed by atoms with Crippen LogP contribution in [0.4, 0.5) is 0 Å². The first-order valence-electron chi connectivity index (χ1n) is 12.0. The Hall–Kier alpha value is -3.52. The van der Waals surface area contributed by atoms with Crippen LogP contribution < -0.4 is 5.32 Å². The lowest BCUT2D eigenvalue weighted by Crippen LogP contribution is -2.45. The number of carbonyl (C=O) groups is 2. The molecule has 0 bridgehead atoms. The van der Waals surface area contributed by atoms with Gasteiger partial charge in [0, 0.05) is 18.0 Å². The topological polar surface area (TPSA) is 80.1 Å². The number of hydrogen-bond donors (Lipinski definition) is 1. The van der Waals surface area contributed by atoms with E-state index in [4.69, 9.17) is 0 Å². The van der Waals surface area contributed by atoms with E-state index in [-0.39, 0.29) is 18.4 Å². The number of fused-ring (bicyclic) bond motifs is 1. The highest BCUT2D eigenvalue weighted by molar-refractivity contribution is 7.10. The van der Waals surface area contributed by atoms with Gasteiger partial charge in [-0.15, -0.1) is 16.4 Å². The average Bonchev–Trinajstić information content (AvgIpc) is 3.52. The minimum Gasteiger partial charge on any atom is -0.354 e. The van der Waals surface area contributed by atoms with Crippen molar-refractivity contribution < 1.29 is 9.59 Å². The number of thiophene rings is 1. The van der Waals surface area contributed by atoms with E-state index in [1.54, 1.807) is 9.58 Å². The van der Waals surface area contributed by atoms with E-state index in [0.29, 0.717) is 25.4 Å². The number of hydrogen-bond acceptors (Lipinski definition) is 5. The SMILES string of the molecule is CC(C)CCNC(=O)[C@@H](c1cccs1)N(CCc1ccccc1)C(=O)Cn1nnc2ccccc21. The van der Waals surface area contributed by atoms with Crippen LogP contribution in [0.1, 0.15) is 36.8 Å². The number of para-hydroxylation sites is 1. The fourth-order valence-corrected chi connectivity index (χ4v) is 4.83. The molecule has 1 N–H and O–H groups in total. The molecule has 1 atom stereocenters. The van der Waals surface area contributed by atoms with Gasteiger partial charge in [0.15, 0.2) is 0 Å². The van der Waals surface area contributed by atoms with E-state index in [9.17, 15) is 9.59 Å². The fraction of sp³-hybridized carbons (Fsp3) is 0.333. The molecule has 0 aliphatic heterocycles. The van der Waals surface area contributed by atoms with Crippen molar-refractivity contribution in [3.05, 3.63) is 82.6 Å². The van der Waals surface area contributed by atoms with E-state index >= 15 is 0 Å². The summed E-state index contributed by atoms with van der Waals surface area (Å²) in [6.07, 6.45) is 1.53. The van der Waals surface area contributed by atoms with Crippen LogP contribution in [0.2, 0.25) is 0 Å². The van der Waals surface area contributed by atoms with Crippen LogP contribution in [-0.2, 0) is 22.6 Å². The zero-order valence-corrected chi connectivity index (χ0v) is 20.9. The summed E-state index contributed by atoms with van der Waals surface area (Å²) < 4.78 is 1.61. The summed E-state index contributed by atoms with van der Waals surface area (Å²) in [5.41, 5.74) is 2.64. The molecule has 0 fully saturated rings. The normalized spacial score (nSPS) is 12.1. The molecule has 7 nitrogen and oxygen atoms in total. The molecule has 182 valence electrons. The maximum Gasteiger partial charge on any atom is 0.248 e. The van der Waals surface area contributed by atoms with E-state index in [1.807, 2.05) is 72.1 Å². The minimum absolute atomic E-state index is 0.0104. The van der Waals surface area contributed by atoms with Crippen LogP contribution in [0.25, 0.3) is 11.0 Å². The van der Waals surface area contributed by atoms with Gasteiger partial charge >= 0.3 is 0 Å². The molecule has 4 aromatic rings. The summed E-state index contributed by atoms with van der Waals surface area (Å²) in [6.45, 7) is 5.25. The number of nitrogens with zero attached hydrogens (tertiary/aromatic N) is 4. The molecular weight excluding hydrogens is 458 g/mol. The predicted molar refractivity (Wildman–Crippen MR) is 139 cm³/mol. The van der Waals surface area contributed by atoms with Gasteiger partial charge in [0.1, 0.15) is 18.1 Å². The number of carbonyl (C=O) groups excluding carboxylic acids is 2. The van der Waals surface area contributed by atoms with Crippen LogP contribution in [0.3, 0.4) is 0 Å². The quantitative estimate of drug-likeness (QED) is 0.337. The first-order chi connectivity index (χ1) is 17.0. The Bertz CT molecular complexity index is 1240. The van der Waals surface area contributed by atoms with Gasteiger partial charge in [0.25, 0.3) is 0 Å². The minimum atomic E-state index is -0.701. The summed E-state index contributed by atoms with van der Waals surface area (Å²) in [6, 6.07) is 20.7. The second-order valence-corrected chi connectivity index (χ2v) is 9.93. The van der Waals surface area contributed by atoms with Crippen LogP contribution in [0, 0.1) is 5.92 Å². The van der Waals surface area contributed by atoms with Gasteiger partial charge in [0.05, 0.1) is 5.52 Å². The third-order valence-corrected chi connectivity index (χ3v) is 6.83. The highest BCUT2D eigenvalue weighted by atomic mass is 32.1. The molecule has 4 rings (SSSR count). The third-order valence-electron chi connectivity index (χ3n) is 5.90. The molecule has 2 amide bonds. The Labute approximate surface area is 209 Å². The number of benzene rings is 2. The summed E-state index contributed by atoms with van der Waals surface area (Å²) in [5.74, 6) is 0.152. The number of aromatic nitrogens is 3. The molecular formula is C27H31N5O2S. The third kappa shape index (κ3) is 6.33. The summed E-state index contributed by atoms with van der Waals surface area (Å²) in [7, 11) is 0. The number of rotatable bonds is 11. The second-order valence-electron chi connectivity index (χ2n) is 8.95. The summed E-state index contributed by atoms with van der Waals surface area (Å²) in [5, 5.41) is 13.4. The molecule has 8 heteroatoms. The molecule has 2 aromatic carbocycles. The van der Waals surface area contributed by atoms with Crippen molar-refractivity contribution >= 4 is 34.2 Å². The van der Waals surface area contributed by atoms with Crippen LogP contribution in [0.5, 0.6) is 0 Å². The van der Waals surface area contributed by atoms with Crippen molar-refractivity contribution in [2.24, 2.45) is 5.92 Å². The molecule has 0 spiro atoms. The smallest absolute Gasteiger partial charge is 0.248 e. The standard InChI is InChI=1S/C27H31N5O2S/c1-20(2)14-16-28-27(34)26(24-13-8-18-35-24)31(17-15-21-9-4-3-5-10-21)25(33)19-32-23-12-7-6-11-22(23)29-30-32/h3-13,18,20,26H,14-17,19H2,1-2H3,(H,28,34)/t26-/m1/s1. The monoisotopic (exact) mass is 489 g/mol. The lowest BCUT2D eigenvalue weighted by molar-refractivity contribution is -0.141. The van der Waals surface area contributed by atoms with Crippen LogP contribution in [0.15, 0.2) is 72.1 Å². The lowest BCUT2D eigenvalue weighted by atomic mass is 10.1. The fourth-order valence-electron chi connectivity index (χ4n) is 4.00. The molecule has 0 saturated carbocycles. The Kier molecular flexibility index (Phi) is 8.26. The highest BCUT2D eigenvalue weighted by Gasteiger charge is 2.32. The van der Waals surface area contributed by atoms with Crippen molar-refractivity contribution in [3.63, 3.8) is 0 Å². The number of nitrogens with one attached hydrogen (secondary N) is 1. The van der Waals surface area contributed by atoms with Crippen LogP contribution in [-0.4, -0.2) is 44.8 Å². The second kappa shape index (κ2) is 11.8. The molecule has 0 aliphatic rings. The van der Waals surface area contributed by atoms with Crippen LogP contribution >= 0.6 is 11.3 Å². The summed E-state index contributed by atoms with van der Waals surface area (Å²) in [4.78, 5) is 29.8. The van der Waals surface area contributed by atoms with Gasteiger partial charge in [0.2, 0.25) is 11.8 Å². The van der Waals surface area contributed by atoms with Crippen molar-refractivity contribution in [2.45, 2.75) is 39.3 Å². The van der Waals surface area contributed by atoms with E-state index in [1.165, 1.54) is 11.3 Å². The van der Waals surface area contributed by atoms with E-state index in [2.05, 4.69) is 29.5 Å². The van der Waals surface area contributed by atoms with Crippen molar-refractivity contribution in [3.8, 4) is 0 Å². The first kappa shape index (κ1) is 24.6. The van der Waals surface area contributed by atoms with Gasteiger partial charge in [-0.25, -0.2) is 4.68 Å². The summed E-state index contributed by atoms with van der Waals surface area (Å²) >= 11 is 1.49. The Morgan fingerprint density at radius 3 is 2.54 bits per heavy atom. The maximum absolute atomic E-state index is 13.8. The molecule has 35 heavy (non-hydrogen) atoms. The molecule has 0 saturated heterocycles. The predicted octanol–water partition coefficient (Wildman–Crippen LogP) is 4.47. The first-order valence-corrected chi connectivity index (χ1v) is 12.8. The van der Waals surface area contributed by atoms with Crippen molar-refractivity contribution in [2.75, 3.05) is 13.1 Å². The number of amides is 2. The van der Waals surface area contributed by atoms with Gasteiger partial charge < -0.3 is 10.2 Å². The lowest BCUT2D eigenvalue weighted by Gasteiger charge is -2.31. The maximum atomic E-state index is 13.8. The Morgan fingerprint density at radius 1 is 1.03 bits per heavy atom. The van der Waals surface area contributed by atoms with Gasteiger partial charge in [-0.3, -0.25) is 9.59 Å². The van der Waals surface area contributed by atoms with E-state index in [0.717, 1.165) is 27.9 Å². The van der Waals surface area contributed by atoms with Crippen molar-refractivity contribution in [1.29, 1.82) is 0 Å². The Morgan fingerprint density at radius 2 is 1.80 bits per heavy atom. The molecule has 0 aliphatic carbocycles. The molecule has 0 radical (unpaired) electrons. The van der Waals surface area contributed by atoms with Gasteiger partial charge in [-0.05, 0) is 47.9 Å². The highest BCUT2D eigenvalue weighted by Crippen LogP contribution is 2.27. The Balaban J connectivity index is 1.62. The molecule has 2 heterocycles. The van der Waals surface area contributed by atoms with Crippen molar-refractivity contribution in [1.82, 2.24) is 25.2 Å². The zero-order chi connectivity index (χ0) is 24.6. The van der Waals surface area contributed by atoms with E-state index < -0.39 is 6.04 Å². The van der Waals surface area contributed by atoms with Gasteiger partial charge in [-0.2, -0.15) is 0 Å².